The molecule has 0 aliphatic rings. The normalized spacial score (nSPS) is 14.1. The van der Waals surface area contributed by atoms with Gasteiger partial charge < -0.3 is 19.6 Å². The number of ether oxygens (including phenoxy) is 1. The van der Waals surface area contributed by atoms with E-state index in [0.717, 1.165) is 5.75 Å². The molecule has 3 atom stereocenters. The maximum Gasteiger partial charge on any atom is 0.165 e. The molecule has 2 rings (SSSR count). The SMILES string of the molecule is CCCCCCCCCCCCCCCCCCSSC(C)[PH](=O)COC(C)Cn1cnc2c(N)ncnc21. The molecule has 0 aromatic carbocycles. The molecule has 2 heterocycles. The zero-order valence-electron chi connectivity index (χ0n) is 24.7. The van der Waals surface area contributed by atoms with Crippen LogP contribution in [0.1, 0.15) is 124 Å². The van der Waals surface area contributed by atoms with Crippen LogP contribution in [0.5, 0.6) is 0 Å². The smallest absolute Gasteiger partial charge is 0.165 e. The number of hydrogen-bond donors (Lipinski definition) is 1. The van der Waals surface area contributed by atoms with Crippen molar-refractivity contribution in [2.75, 3.05) is 17.8 Å². The lowest BCUT2D eigenvalue weighted by atomic mass is 10.0. The molecule has 2 aromatic rings. The summed E-state index contributed by atoms with van der Waals surface area (Å²) >= 11 is 0. The lowest BCUT2D eigenvalue weighted by molar-refractivity contribution is 0.0880. The van der Waals surface area contributed by atoms with E-state index in [2.05, 4.69) is 28.8 Å². The van der Waals surface area contributed by atoms with Crippen molar-refractivity contribution in [2.45, 2.75) is 141 Å². The Hall–Kier alpha value is -0.760. The number of anilines is 1. The van der Waals surface area contributed by atoms with Gasteiger partial charge in [0.05, 0.1) is 30.3 Å². The van der Waals surface area contributed by atoms with Crippen LogP contribution in [0.25, 0.3) is 11.2 Å². The summed E-state index contributed by atoms with van der Waals surface area (Å²) in [6.45, 7) is 6.91. The van der Waals surface area contributed by atoms with Crippen molar-refractivity contribution in [3.8, 4) is 0 Å². The molecule has 0 amide bonds. The van der Waals surface area contributed by atoms with Gasteiger partial charge in [0, 0.05) is 5.75 Å². The number of fused-ring (bicyclic) bond motifs is 1. The van der Waals surface area contributed by atoms with Crippen molar-refractivity contribution in [1.29, 1.82) is 0 Å². The lowest BCUT2D eigenvalue weighted by Gasteiger charge is -2.16. The summed E-state index contributed by atoms with van der Waals surface area (Å²) in [4.78, 5) is 12.6. The Morgan fingerprint density at radius 3 is 2.03 bits per heavy atom. The monoisotopic (exact) mass is 599 g/mol. The molecule has 0 saturated carbocycles. The zero-order valence-corrected chi connectivity index (χ0v) is 27.4. The van der Waals surface area contributed by atoms with Crippen molar-refractivity contribution < 1.29 is 9.30 Å². The van der Waals surface area contributed by atoms with Crippen LogP contribution in [0.3, 0.4) is 0 Å². The molecule has 7 nitrogen and oxygen atoms in total. The molecule has 0 bridgehead atoms. The topological polar surface area (TPSA) is 95.9 Å². The minimum Gasteiger partial charge on any atom is -0.382 e. The van der Waals surface area contributed by atoms with Gasteiger partial charge in [-0.1, -0.05) is 125 Å². The highest BCUT2D eigenvalue weighted by molar-refractivity contribution is 8.77. The number of unbranched alkanes of at least 4 members (excludes halogenated alkanes) is 15. The molecule has 10 heteroatoms. The number of imidazole rings is 1. The summed E-state index contributed by atoms with van der Waals surface area (Å²) in [5.74, 6) is 1.51. The molecule has 0 aliphatic heterocycles. The third-order valence-corrected chi connectivity index (χ3v) is 12.8. The molecule has 0 aliphatic carbocycles. The number of nitrogen functional groups attached to an aromatic ring is 1. The van der Waals surface area contributed by atoms with Gasteiger partial charge in [0.25, 0.3) is 0 Å². The lowest BCUT2D eigenvalue weighted by Crippen LogP contribution is -2.16. The van der Waals surface area contributed by atoms with E-state index in [-0.39, 0.29) is 11.1 Å². The molecular weight excluding hydrogens is 545 g/mol. The summed E-state index contributed by atoms with van der Waals surface area (Å²) in [5, 5.41) is 0. The van der Waals surface area contributed by atoms with Crippen LogP contribution < -0.4 is 5.73 Å². The van der Waals surface area contributed by atoms with Crippen molar-refractivity contribution in [2.24, 2.45) is 0 Å². The predicted molar refractivity (Wildman–Crippen MR) is 173 cm³/mol. The van der Waals surface area contributed by atoms with Gasteiger partial charge in [0.15, 0.2) is 11.5 Å². The summed E-state index contributed by atoms with van der Waals surface area (Å²) in [7, 11) is 1.81. The Morgan fingerprint density at radius 2 is 1.44 bits per heavy atom. The largest absolute Gasteiger partial charge is 0.382 e. The fourth-order valence-corrected chi connectivity index (χ4v) is 9.39. The van der Waals surface area contributed by atoms with Crippen molar-refractivity contribution >= 4 is 46.4 Å². The summed E-state index contributed by atoms with van der Waals surface area (Å²) in [6.07, 6.45) is 25.7. The van der Waals surface area contributed by atoms with Gasteiger partial charge in [-0.3, -0.25) is 0 Å². The van der Waals surface area contributed by atoms with E-state index in [1.807, 2.05) is 22.3 Å². The minimum absolute atomic E-state index is 0.0949. The van der Waals surface area contributed by atoms with Crippen molar-refractivity contribution in [1.82, 2.24) is 19.5 Å². The molecule has 3 unspecified atom stereocenters. The van der Waals surface area contributed by atoms with E-state index in [1.54, 1.807) is 17.1 Å². The highest BCUT2D eigenvalue weighted by Gasteiger charge is 2.15. The molecule has 0 spiro atoms. The average molecular weight is 600 g/mol. The van der Waals surface area contributed by atoms with Crippen LogP contribution in [0.15, 0.2) is 12.7 Å². The fraction of sp³-hybridized carbons (Fsp3) is 0.828. The summed E-state index contributed by atoms with van der Waals surface area (Å²) < 4.78 is 20.5. The molecule has 39 heavy (non-hydrogen) atoms. The van der Waals surface area contributed by atoms with Crippen LogP contribution in [-0.4, -0.2) is 42.7 Å². The number of nitrogens with two attached hydrogens (primary N) is 1. The second kappa shape index (κ2) is 21.9. The molecule has 0 radical (unpaired) electrons. The number of aromatic nitrogens is 4. The molecule has 0 saturated heterocycles. The summed E-state index contributed by atoms with van der Waals surface area (Å²) in [6, 6.07) is 0. The second-order valence-corrected chi connectivity index (χ2v) is 16.1. The summed E-state index contributed by atoms with van der Waals surface area (Å²) in [5.41, 5.74) is 7.15. The molecule has 2 aromatic heterocycles. The maximum atomic E-state index is 12.7. The number of rotatable bonds is 25. The number of nitrogens with zero attached hydrogens (tertiary/aromatic N) is 4. The van der Waals surface area contributed by atoms with Gasteiger partial charge in [-0.05, 0) is 20.3 Å². The quantitative estimate of drug-likeness (QED) is 0.0685. The van der Waals surface area contributed by atoms with Crippen LogP contribution in [0.2, 0.25) is 0 Å². The second-order valence-electron chi connectivity index (χ2n) is 10.8. The van der Waals surface area contributed by atoms with Gasteiger partial charge in [-0.2, -0.15) is 0 Å². The third kappa shape index (κ3) is 15.2. The molecule has 2 N–H and O–H groups in total. The maximum absolute atomic E-state index is 12.7. The Kier molecular flexibility index (Phi) is 19.4. The van der Waals surface area contributed by atoms with Crippen molar-refractivity contribution in [3.05, 3.63) is 12.7 Å². The zero-order chi connectivity index (χ0) is 28.1. The first-order valence-corrected chi connectivity index (χ1v) is 19.4. The van der Waals surface area contributed by atoms with Crippen LogP contribution in [-0.2, 0) is 15.8 Å². The Bertz CT molecular complexity index is 917. The standard InChI is InChI=1S/C29H54N5O2PS2/c1-4-5-6-7-8-9-10-11-12-13-14-15-16-17-18-19-20-38-39-26(3)37(35)24-36-25(2)21-34-23-33-27-28(30)31-22-32-29(27)34/h22-23,25-26,37H,4-21,24H2,1-3H3,(H2,30,31,32). The van der Waals surface area contributed by atoms with E-state index in [4.69, 9.17) is 10.5 Å². The third-order valence-electron chi connectivity index (χ3n) is 7.14. The van der Waals surface area contributed by atoms with E-state index >= 15 is 0 Å². The Balaban J connectivity index is 1.38. The van der Waals surface area contributed by atoms with E-state index in [9.17, 15) is 4.57 Å². The highest BCUT2D eigenvalue weighted by atomic mass is 33.1. The molecule has 0 fully saturated rings. The van der Waals surface area contributed by atoms with Gasteiger partial charge in [0.1, 0.15) is 19.6 Å². The molecular formula is C29H54N5O2PS2. The van der Waals surface area contributed by atoms with Gasteiger partial charge >= 0.3 is 0 Å². The van der Waals surface area contributed by atoms with E-state index in [0.29, 0.717) is 29.9 Å². The first kappa shape index (κ1) is 34.4. The van der Waals surface area contributed by atoms with Crippen LogP contribution in [0.4, 0.5) is 5.82 Å². The average Bonchev–Trinajstić information content (AvgIpc) is 3.34. The first-order valence-electron chi connectivity index (χ1n) is 15.4. The Morgan fingerprint density at radius 1 is 0.872 bits per heavy atom. The van der Waals surface area contributed by atoms with E-state index in [1.165, 1.54) is 109 Å². The highest BCUT2D eigenvalue weighted by Crippen LogP contribution is 2.42. The fourth-order valence-electron chi connectivity index (χ4n) is 4.62. The van der Waals surface area contributed by atoms with Crippen molar-refractivity contribution in [3.63, 3.8) is 0 Å². The van der Waals surface area contributed by atoms with Gasteiger partial charge in [0.2, 0.25) is 0 Å². The van der Waals surface area contributed by atoms with Gasteiger partial charge in [-0.15, -0.1) is 0 Å². The Labute approximate surface area is 246 Å². The van der Waals surface area contributed by atoms with E-state index < -0.39 is 7.80 Å². The van der Waals surface area contributed by atoms with Crippen LogP contribution >= 0.6 is 29.4 Å². The van der Waals surface area contributed by atoms with Crippen LogP contribution in [0, 0.1) is 0 Å². The van der Waals surface area contributed by atoms with Gasteiger partial charge in [-0.25, -0.2) is 15.0 Å². The molecule has 224 valence electrons. The minimum atomic E-state index is -1.81. The number of hydrogen-bond acceptors (Lipinski definition) is 8. The first-order chi connectivity index (χ1) is 19.0. The predicted octanol–water partition coefficient (Wildman–Crippen LogP) is 9.32.